The predicted octanol–water partition coefficient (Wildman–Crippen LogP) is 4.56. The summed E-state index contributed by atoms with van der Waals surface area (Å²) < 4.78 is 0. The molecule has 0 radical (unpaired) electrons. The van der Waals surface area contributed by atoms with Crippen molar-refractivity contribution in [3.05, 3.63) is 11.9 Å². The zero-order chi connectivity index (χ0) is 15.1. The molecule has 2 rings (SSSR count). The monoisotopic (exact) mass is 290 g/mol. The number of hydrogen-bond donors (Lipinski definition) is 2. The molecule has 0 bridgehead atoms. The van der Waals surface area contributed by atoms with Crippen LogP contribution in [-0.4, -0.2) is 22.6 Å². The average molecular weight is 290 g/mol. The van der Waals surface area contributed by atoms with Crippen LogP contribution in [0.3, 0.4) is 0 Å². The Morgan fingerprint density at radius 2 is 1.67 bits per heavy atom. The van der Waals surface area contributed by atoms with Crippen molar-refractivity contribution in [2.24, 2.45) is 0 Å². The number of rotatable bonds is 5. The molecular formula is C17H30N4. The summed E-state index contributed by atoms with van der Waals surface area (Å²) in [7, 11) is 0. The molecule has 0 atom stereocenters. The Bertz CT molecular complexity index is 423. The first kappa shape index (κ1) is 16.1. The summed E-state index contributed by atoms with van der Waals surface area (Å²) in [6.07, 6.45) is 11.0. The molecule has 2 N–H and O–H groups in total. The molecule has 1 aromatic rings. The van der Waals surface area contributed by atoms with Gasteiger partial charge in [0.25, 0.3) is 0 Å². The largest absolute Gasteiger partial charge is 0.370 e. The highest BCUT2D eigenvalue weighted by Gasteiger charge is 2.18. The number of hydrogen-bond acceptors (Lipinski definition) is 4. The maximum atomic E-state index is 4.53. The van der Waals surface area contributed by atoms with Gasteiger partial charge in [-0.3, -0.25) is 0 Å². The Morgan fingerprint density at radius 1 is 1.05 bits per heavy atom. The maximum absolute atomic E-state index is 4.53. The predicted molar refractivity (Wildman–Crippen MR) is 90.0 cm³/mol. The lowest BCUT2D eigenvalue weighted by molar-refractivity contribution is 0.470. The third-order valence-corrected chi connectivity index (χ3v) is 4.25. The summed E-state index contributed by atoms with van der Waals surface area (Å²) in [6, 6.07) is 0.562. The van der Waals surface area contributed by atoms with E-state index in [-0.39, 0.29) is 0 Å². The van der Waals surface area contributed by atoms with Crippen molar-refractivity contribution in [2.45, 2.75) is 77.7 Å². The van der Waals surface area contributed by atoms with Crippen molar-refractivity contribution in [1.29, 1.82) is 0 Å². The summed E-state index contributed by atoms with van der Waals surface area (Å²) in [6.45, 7) is 7.42. The van der Waals surface area contributed by atoms with Crippen molar-refractivity contribution < 1.29 is 0 Å². The molecule has 118 valence electrons. The molecule has 1 aliphatic carbocycles. The molecule has 1 saturated carbocycles. The molecule has 0 aromatic carbocycles. The van der Waals surface area contributed by atoms with Gasteiger partial charge in [0.1, 0.15) is 18.0 Å². The van der Waals surface area contributed by atoms with Crippen LogP contribution in [0.1, 0.15) is 77.2 Å². The van der Waals surface area contributed by atoms with Crippen LogP contribution in [0, 0.1) is 0 Å². The van der Waals surface area contributed by atoms with Crippen LogP contribution in [-0.2, 0) is 0 Å². The maximum Gasteiger partial charge on any atom is 0.135 e. The van der Waals surface area contributed by atoms with E-state index in [1.165, 1.54) is 50.5 Å². The number of aromatic nitrogens is 2. The smallest absolute Gasteiger partial charge is 0.135 e. The second-order valence-corrected chi connectivity index (χ2v) is 6.36. The summed E-state index contributed by atoms with van der Waals surface area (Å²) in [5.74, 6) is 2.42. The van der Waals surface area contributed by atoms with Crippen LogP contribution in [0.5, 0.6) is 0 Å². The highest BCUT2D eigenvalue weighted by molar-refractivity contribution is 5.59. The molecule has 0 unspecified atom stereocenters. The number of anilines is 2. The Balaban J connectivity index is 2.15. The van der Waals surface area contributed by atoms with Crippen LogP contribution >= 0.6 is 0 Å². The Hall–Kier alpha value is -1.32. The van der Waals surface area contributed by atoms with Gasteiger partial charge in [-0.15, -0.1) is 0 Å². The first-order chi connectivity index (χ1) is 10.2. The van der Waals surface area contributed by atoms with Gasteiger partial charge in [-0.25, -0.2) is 9.97 Å². The molecule has 0 spiro atoms. The molecule has 1 aliphatic rings. The van der Waals surface area contributed by atoms with Gasteiger partial charge >= 0.3 is 0 Å². The summed E-state index contributed by atoms with van der Waals surface area (Å²) in [4.78, 5) is 8.94. The lowest BCUT2D eigenvalue weighted by Crippen LogP contribution is -2.23. The molecule has 1 fully saturated rings. The molecular weight excluding hydrogens is 260 g/mol. The van der Waals surface area contributed by atoms with Crippen molar-refractivity contribution >= 4 is 11.6 Å². The van der Waals surface area contributed by atoms with Crippen molar-refractivity contribution in [1.82, 2.24) is 9.97 Å². The van der Waals surface area contributed by atoms with E-state index < -0.39 is 0 Å². The fourth-order valence-electron chi connectivity index (χ4n) is 3.16. The first-order valence-electron chi connectivity index (χ1n) is 8.57. The quantitative estimate of drug-likeness (QED) is 0.835. The Morgan fingerprint density at radius 3 is 2.29 bits per heavy atom. The normalized spacial score (nSPS) is 17.3. The summed E-state index contributed by atoms with van der Waals surface area (Å²) in [5, 5.41) is 7.07. The van der Waals surface area contributed by atoms with E-state index in [9.17, 15) is 0 Å². The van der Waals surface area contributed by atoms with E-state index in [4.69, 9.17) is 0 Å². The van der Waals surface area contributed by atoms with E-state index in [1.54, 1.807) is 6.33 Å². The first-order valence-corrected chi connectivity index (χ1v) is 8.57. The third-order valence-electron chi connectivity index (χ3n) is 4.25. The van der Waals surface area contributed by atoms with Crippen LogP contribution in [0.25, 0.3) is 0 Å². The van der Waals surface area contributed by atoms with Crippen molar-refractivity contribution in [2.75, 3.05) is 17.2 Å². The highest BCUT2D eigenvalue weighted by atomic mass is 15.1. The van der Waals surface area contributed by atoms with Gasteiger partial charge in [0.2, 0.25) is 0 Å². The van der Waals surface area contributed by atoms with E-state index in [1.807, 2.05) is 0 Å². The van der Waals surface area contributed by atoms with Crippen molar-refractivity contribution in [3.8, 4) is 0 Å². The van der Waals surface area contributed by atoms with Gasteiger partial charge in [0.15, 0.2) is 0 Å². The summed E-state index contributed by atoms with van der Waals surface area (Å²) >= 11 is 0. The fraction of sp³-hybridized carbons (Fsp3) is 0.765. The third kappa shape index (κ3) is 4.58. The zero-order valence-electron chi connectivity index (χ0n) is 13.8. The number of nitrogens with one attached hydrogen (secondary N) is 2. The van der Waals surface area contributed by atoms with Crippen LogP contribution in [0.2, 0.25) is 0 Å². The summed E-state index contributed by atoms with van der Waals surface area (Å²) in [5.41, 5.74) is 1.22. The van der Waals surface area contributed by atoms with Gasteiger partial charge < -0.3 is 10.6 Å². The lowest BCUT2D eigenvalue weighted by atomic mass is 9.96. The van der Waals surface area contributed by atoms with E-state index in [2.05, 4.69) is 41.4 Å². The van der Waals surface area contributed by atoms with Gasteiger partial charge in [-0.1, -0.05) is 46.0 Å². The minimum absolute atomic E-state index is 0.413. The van der Waals surface area contributed by atoms with Crippen LogP contribution < -0.4 is 10.6 Å². The van der Waals surface area contributed by atoms with Gasteiger partial charge in [0.05, 0.1) is 0 Å². The zero-order valence-corrected chi connectivity index (χ0v) is 13.8. The second kappa shape index (κ2) is 8.20. The molecule has 0 amide bonds. The second-order valence-electron chi connectivity index (χ2n) is 6.36. The molecule has 4 heteroatoms. The van der Waals surface area contributed by atoms with Gasteiger partial charge in [-0.05, 0) is 25.7 Å². The molecule has 4 nitrogen and oxygen atoms in total. The van der Waals surface area contributed by atoms with Gasteiger partial charge in [0, 0.05) is 18.2 Å². The van der Waals surface area contributed by atoms with E-state index in [0.29, 0.717) is 12.0 Å². The molecule has 1 heterocycles. The molecule has 0 saturated heterocycles. The molecule has 1 aromatic heterocycles. The van der Waals surface area contributed by atoms with Crippen molar-refractivity contribution in [3.63, 3.8) is 0 Å². The number of nitrogens with zero attached hydrogens (tertiary/aromatic N) is 2. The van der Waals surface area contributed by atoms with E-state index in [0.717, 1.165) is 18.2 Å². The Kier molecular flexibility index (Phi) is 6.27. The highest BCUT2D eigenvalue weighted by Crippen LogP contribution is 2.30. The van der Waals surface area contributed by atoms with Gasteiger partial charge in [-0.2, -0.15) is 0 Å². The van der Waals surface area contributed by atoms with Crippen LogP contribution in [0.15, 0.2) is 6.33 Å². The topological polar surface area (TPSA) is 49.8 Å². The average Bonchev–Trinajstić information content (AvgIpc) is 2.42. The Labute approximate surface area is 129 Å². The standard InChI is InChI=1S/C17H30N4/c1-4-18-16-15(13(2)3)17(20-12-19-16)21-14-10-8-6-5-7-9-11-14/h12-14H,4-11H2,1-3H3,(H2,18,19,20,21). The fourth-order valence-corrected chi connectivity index (χ4v) is 3.16. The molecule has 21 heavy (non-hydrogen) atoms. The van der Waals surface area contributed by atoms with Crippen LogP contribution in [0.4, 0.5) is 11.6 Å². The SMILES string of the molecule is CCNc1ncnc(NC2CCCCCCC2)c1C(C)C. The lowest BCUT2D eigenvalue weighted by Gasteiger charge is -2.24. The van der Waals surface area contributed by atoms with E-state index >= 15 is 0 Å². The minimum Gasteiger partial charge on any atom is -0.370 e. The minimum atomic E-state index is 0.413. The molecule has 0 aliphatic heterocycles.